The lowest BCUT2D eigenvalue weighted by Crippen LogP contribution is -2.54. The maximum Gasteiger partial charge on any atom is 0.225 e. The van der Waals surface area contributed by atoms with Gasteiger partial charge in [-0.3, -0.25) is 62.3 Å². The Morgan fingerprint density at radius 2 is 0.455 bits per heavy atom. The van der Waals surface area contributed by atoms with Gasteiger partial charge in [0.25, 0.3) is 0 Å². The van der Waals surface area contributed by atoms with Crippen LogP contribution in [0.1, 0.15) is 225 Å². The lowest BCUT2D eigenvalue weighted by Gasteiger charge is -2.29. The Morgan fingerprint density at radius 3 is 0.657 bits per heavy atom. The SMILES string of the molecule is CC(=O)N[C@H]1CCC[C@@H]1C(=O)N[C@H]1CCC[C@@H]1C(=O)N[C@H]1CCC[C@@H]1C(=O)N[C@H]1CCC[C@@H]1C(=O)N[C@H]1CCC[C@@H]1C(=O)N[C@H]1CCC[C@@H]1C(=O)N[C@H]1CCC[C@@H]1C(=O)N[C@H]1CCC[C@@H]1C(=O)N[C@@H](CO)CC(=O)N[C@H]1CCC[C@@H]1C(=O)N[C@H]1CCC[C@@H]1C(=O)N[C@H]1CCC[C@@H]1C(N)=O. The van der Waals surface area contributed by atoms with Crippen molar-refractivity contribution in [3.8, 4) is 0 Å². The summed E-state index contributed by atoms with van der Waals surface area (Å²) in [5.41, 5.74) is 5.59. The predicted octanol–water partition coefficient (Wildman–Crippen LogP) is 1.49. The molecule has 0 aromatic carbocycles. The molecule has 0 heterocycles. The van der Waals surface area contributed by atoms with Crippen molar-refractivity contribution in [3.05, 3.63) is 0 Å². The second kappa shape index (κ2) is 33.7. The molecule has 11 fully saturated rings. The van der Waals surface area contributed by atoms with Gasteiger partial charge in [-0.15, -0.1) is 0 Å². The fraction of sp³-hybridized carbons (Fsp3) is 0.819. The highest BCUT2D eigenvalue weighted by Crippen LogP contribution is 2.38. The maximum atomic E-state index is 14.2. The highest BCUT2D eigenvalue weighted by molar-refractivity contribution is 5.90. The molecule has 11 aliphatic rings. The Morgan fingerprint density at radius 1 is 0.273 bits per heavy atom. The van der Waals surface area contributed by atoms with Crippen molar-refractivity contribution in [2.75, 3.05) is 6.61 Å². The van der Waals surface area contributed by atoms with Crippen molar-refractivity contribution in [1.82, 2.24) is 63.8 Å². The summed E-state index contributed by atoms with van der Waals surface area (Å²) in [6.45, 7) is 0.933. The van der Waals surface area contributed by atoms with Gasteiger partial charge in [-0.1, -0.05) is 70.6 Å². The van der Waals surface area contributed by atoms with Crippen molar-refractivity contribution in [2.45, 2.75) is 298 Å². The first-order valence-corrected chi connectivity index (χ1v) is 38.2. The molecular weight excluding hydrogens is 1270 g/mol. The second-order valence-electron chi connectivity index (χ2n) is 31.4. The maximum absolute atomic E-state index is 14.2. The van der Waals surface area contributed by atoms with Crippen molar-refractivity contribution in [3.63, 3.8) is 0 Å². The summed E-state index contributed by atoms with van der Waals surface area (Å²) in [6, 6.07) is -5.25. The fourth-order valence-electron chi connectivity index (χ4n) is 19.8. The number of primary amides is 1. The van der Waals surface area contributed by atoms with E-state index in [4.69, 9.17) is 5.73 Å². The lowest BCUT2D eigenvalue weighted by molar-refractivity contribution is -0.132. The van der Waals surface area contributed by atoms with E-state index in [9.17, 15) is 67.4 Å². The Balaban J connectivity index is 0.597. The number of aliphatic hydroxyl groups excluding tert-OH is 1. The molecule has 11 aliphatic carbocycles. The van der Waals surface area contributed by atoms with Gasteiger partial charge in [0.05, 0.1) is 77.7 Å². The molecule has 0 aliphatic heterocycles. The van der Waals surface area contributed by atoms with Crippen molar-refractivity contribution in [2.24, 2.45) is 70.8 Å². The number of aliphatic hydroxyl groups is 1. The van der Waals surface area contributed by atoms with Gasteiger partial charge in [0.1, 0.15) is 0 Å². The normalized spacial score (nSPS) is 36.5. The minimum atomic E-state index is -0.925. The average molecular weight is 1380 g/mol. The molecule has 13 amide bonds. The molecule has 0 saturated heterocycles. The van der Waals surface area contributed by atoms with Gasteiger partial charge >= 0.3 is 0 Å². The summed E-state index contributed by atoms with van der Waals surface area (Å²) < 4.78 is 0. The highest BCUT2D eigenvalue weighted by Gasteiger charge is 2.48. The predicted molar refractivity (Wildman–Crippen MR) is 360 cm³/mol. The fourth-order valence-corrected chi connectivity index (χ4v) is 19.8. The summed E-state index contributed by atoms with van der Waals surface area (Å²) in [6.07, 6.45) is 21.3. The molecule has 15 N–H and O–H groups in total. The molecule has 548 valence electrons. The molecule has 27 heteroatoms. The Kier molecular flexibility index (Phi) is 24.9. The number of amides is 13. The van der Waals surface area contributed by atoms with Gasteiger partial charge in [-0.05, 0) is 141 Å². The third-order valence-corrected chi connectivity index (χ3v) is 25.1. The van der Waals surface area contributed by atoms with Crippen LogP contribution in [0.3, 0.4) is 0 Å². The molecule has 23 atom stereocenters. The van der Waals surface area contributed by atoms with Gasteiger partial charge in [0.15, 0.2) is 0 Å². The number of nitrogens with one attached hydrogen (secondary N) is 12. The minimum absolute atomic E-state index is 0.135. The zero-order chi connectivity index (χ0) is 70.0. The van der Waals surface area contributed by atoms with Crippen molar-refractivity contribution in [1.29, 1.82) is 0 Å². The number of carbonyl (C=O) groups excluding carboxylic acids is 13. The molecule has 0 aromatic heterocycles. The van der Waals surface area contributed by atoms with E-state index in [1.165, 1.54) is 6.92 Å². The quantitative estimate of drug-likeness (QED) is 0.0584. The van der Waals surface area contributed by atoms with Gasteiger partial charge in [0, 0.05) is 79.8 Å². The molecule has 11 saturated carbocycles. The van der Waals surface area contributed by atoms with E-state index in [0.717, 1.165) is 57.8 Å². The van der Waals surface area contributed by atoms with Crippen LogP contribution in [-0.4, -0.2) is 161 Å². The van der Waals surface area contributed by atoms with Crippen LogP contribution in [0.4, 0.5) is 0 Å². The zero-order valence-electron chi connectivity index (χ0n) is 57.9. The highest BCUT2D eigenvalue weighted by atomic mass is 16.3. The summed E-state index contributed by atoms with van der Waals surface area (Å²) in [5, 5.41) is 47.5. The largest absolute Gasteiger partial charge is 0.394 e. The van der Waals surface area contributed by atoms with E-state index in [0.29, 0.717) is 154 Å². The van der Waals surface area contributed by atoms with Gasteiger partial charge in [0.2, 0.25) is 76.8 Å². The van der Waals surface area contributed by atoms with E-state index in [1.807, 2.05) is 0 Å². The van der Waals surface area contributed by atoms with E-state index >= 15 is 0 Å². The lowest BCUT2D eigenvalue weighted by atomic mass is 9.95. The number of carbonyl (C=O) groups is 13. The monoisotopic (exact) mass is 1380 g/mol. The molecule has 0 bridgehead atoms. The summed E-state index contributed by atoms with van der Waals surface area (Å²) in [5.74, 6) is -8.55. The molecule has 0 unspecified atom stereocenters. The molecule has 0 radical (unpaired) electrons. The Hall–Kier alpha value is -6.93. The first-order valence-electron chi connectivity index (χ1n) is 38.2. The number of nitrogens with two attached hydrogens (primary N) is 1. The van der Waals surface area contributed by atoms with Crippen LogP contribution >= 0.6 is 0 Å². The first kappa shape index (κ1) is 73.3. The average Bonchev–Trinajstić information content (AvgIpc) is 1.72. The van der Waals surface area contributed by atoms with Crippen molar-refractivity contribution < 1.29 is 67.4 Å². The molecule has 11 rings (SSSR count). The van der Waals surface area contributed by atoms with Crippen LogP contribution < -0.4 is 69.5 Å². The summed E-state index contributed by atoms with van der Waals surface area (Å²) >= 11 is 0. The topological polar surface area (TPSA) is 413 Å². The molecule has 0 aromatic rings. The van der Waals surface area contributed by atoms with Gasteiger partial charge in [-0.2, -0.15) is 0 Å². The molecular formula is C72H111N13O14. The number of hydrogen-bond acceptors (Lipinski definition) is 14. The number of rotatable bonds is 26. The van der Waals surface area contributed by atoms with Crippen molar-refractivity contribution >= 4 is 76.8 Å². The van der Waals surface area contributed by atoms with Crippen LogP contribution in [-0.2, 0) is 62.3 Å². The third-order valence-electron chi connectivity index (χ3n) is 25.1. The molecule has 0 spiro atoms. The van der Waals surface area contributed by atoms with E-state index in [-0.39, 0.29) is 102 Å². The number of hydrogen-bond donors (Lipinski definition) is 14. The smallest absolute Gasteiger partial charge is 0.225 e. The molecule has 99 heavy (non-hydrogen) atoms. The zero-order valence-corrected chi connectivity index (χ0v) is 57.9. The third kappa shape index (κ3) is 17.9. The Labute approximate surface area is 580 Å². The van der Waals surface area contributed by atoms with Crippen LogP contribution in [0.5, 0.6) is 0 Å². The second-order valence-corrected chi connectivity index (χ2v) is 31.4. The van der Waals surface area contributed by atoms with E-state index in [2.05, 4.69) is 63.8 Å². The molecule has 27 nitrogen and oxygen atoms in total. The van der Waals surface area contributed by atoms with E-state index < -0.39 is 126 Å². The summed E-state index contributed by atoms with van der Waals surface area (Å²) in [7, 11) is 0. The van der Waals surface area contributed by atoms with Gasteiger partial charge < -0.3 is 74.6 Å². The Bertz CT molecular complexity index is 3010. The summed E-state index contributed by atoms with van der Waals surface area (Å²) in [4.78, 5) is 176. The standard InChI is InChI=1S/C72H111N13O14/c1-37(87)74-51-25-3-14-40(51)64(91)79-55-29-7-18-44(55)68(95)82-57-31-9-20-46(57)70(97)84-59-33-11-22-48(59)72(99)85-60-34-12-23-49(60)71(98)83-58-32-10-21-47(58)69(96)81-56-30-8-19-45(56)67(94)78-53-27-5-16-42(53)63(90)75-38(36-86)35-61(88)76-52-26-4-15-41(52)65(92)80-54-28-6-17-43(54)66(93)77-50-24-2-13-39(50)62(73)89/h38-60,86H,2-36H2,1H3,(H2,73,89)(H,74,87)(H,75,90)(H,76,88)(H,77,93)(H,78,94)(H,79,91)(H,80,92)(H,81,96)(H,82,95)(H,83,98)(H,84,97)(H,85,99)/t38-,39+,40+,41+,42+,43+,44+,45+,46+,47+,48+,49+,50+,51+,52+,53+,54+,55+,56+,57+,58+,59+,60+/m1/s1. The van der Waals surface area contributed by atoms with Crippen LogP contribution in [0.2, 0.25) is 0 Å². The van der Waals surface area contributed by atoms with Crippen LogP contribution in [0.15, 0.2) is 0 Å². The van der Waals surface area contributed by atoms with Crippen LogP contribution in [0.25, 0.3) is 0 Å². The van der Waals surface area contributed by atoms with Gasteiger partial charge in [-0.25, -0.2) is 0 Å². The first-order chi connectivity index (χ1) is 47.7. The van der Waals surface area contributed by atoms with Crippen LogP contribution in [0, 0.1) is 65.1 Å². The van der Waals surface area contributed by atoms with E-state index in [1.54, 1.807) is 0 Å². The minimum Gasteiger partial charge on any atom is -0.394 e.